The Labute approximate surface area is 93.0 Å². The zero-order valence-corrected chi connectivity index (χ0v) is 9.10. The number of nitrogens with zero attached hydrogens (tertiary/aromatic N) is 1. The average molecular weight is 221 g/mol. The van der Waals surface area contributed by atoms with Crippen LogP contribution in [0.5, 0.6) is 0 Å². The number of aromatic nitrogens is 2. The lowest BCUT2D eigenvalue weighted by Crippen LogP contribution is -2.21. The van der Waals surface area contributed by atoms with Crippen molar-refractivity contribution in [1.82, 2.24) is 9.97 Å². The molecule has 0 fully saturated rings. The highest BCUT2D eigenvalue weighted by Gasteiger charge is 2.31. The van der Waals surface area contributed by atoms with Gasteiger partial charge in [-0.25, -0.2) is 4.98 Å². The summed E-state index contributed by atoms with van der Waals surface area (Å²) in [6.45, 7) is 2.04. The third kappa shape index (κ3) is 1.86. The molecule has 16 heavy (non-hydrogen) atoms. The summed E-state index contributed by atoms with van der Waals surface area (Å²) in [6.07, 6.45) is 6.12. The van der Waals surface area contributed by atoms with Crippen LogP contribution in [0.1, 0.15) is 24.8 Å². The molecule has 0 unspecified atom stereocenters. The first-order chi connectivity index (χ1) is 7.54. The second-order valence-electron chi connectivity index (χ2n) is 4.53. The standard InChI is InChI=1S/C11H15N3O2/c1-11(6-15)3-2-7(4-11)8-5-13-10(12)14-9(8)16/h2-3,5,7,15H,4,6H2,1H3,(H3,12,13,14,16)/t7-,11+/m0/s1. The number of aliphatic hydroxyl groups excluding tert-OH is 1. The highest BCUT2D eigenvalue weighted by molar-refractivity contribution is 5.27. The maximum Gasteiger partial charge on any atom is 0.256 e. The van der Waals surface area contributed by atoms with E-state index in [1.54, 1.807) is 0 Å². The number of hydrogen-bond acceptors (Lipinski definition) is 4. The van der Waals surface area contributed by atoms with Crippen molar-refractivity contribution in [1.29, 1.82) is 0 Å². The van der Waals surface area contributed by atoms with Gasteiger partial charge < -0.3 is 10.8 Å². The van der Waals surface area contributed by atoms with Crippen molar-refractivity contribution in [2.45, 2.75) is 19.3 Å². The smallest absolute Gasteiger partial charge is 0.256 e. The highest BCUT2D eigenvalue weighted by Crippen LogP contribution is 2.38. The maximum atomic E-state index is 11.7. The average Bonchev–Trinajstić information content (AvgIpc) is 2.62. The molecule has 4 N–H and O–H groups in total. The lowest BCUT2D eigenvalue weighted by Gasteiger charge is -2.20. The number of nitrogens with one attached hydrogen (secondary N) is 1. The van der Waals surface area contributed by atoms with Gasteiger partial charge >= 0.3 is 0 Å². The molecule has 0 bridgehead atoms. The molecule has 2 atom stereocenters. The van der Waals surface area contributed by atoms with Crippen molar-refractivity contribution < 1.29 is 5.11 Å². The zero-order chi connectivity index (χ0) is 11.8. The minimum Gasteiger partial charge on any atom is -0.395 e. The molecule has 1 heterocycles. The van der Waals surface area contributed by atoms with Gasteiger partial charge in [-0.15, -0.1) is 0 Å². The van der Waals surface area contributed by atoms with E-state index >= 15 is 0 Å². The van der Waals surface area contributed by atoms with E-state index in [0.717, 1.165) is 6.42 Å². The van der Waals surface area contributed by atoms with Gasteiger partial charge in [0.1, 0.15) is 0 Å². The van der Waals surface area contributed by atoms with Gasteiger partial charge in [-0.3, -0.25) is 9.78 Å². The molecule has 0 spiro atoms. The van der Waals surface area contributed by atoms with Crippen LogP contribution in [0, 0.1) is 5.41 Å². The van der Waals surface area contributed by atoms with Crippen LogP contribution >= 0.6 is 0 Å². The van der Waals surface area contributed by atoms with E-state index in [0.29, 0.717) is 5.56 Å². The predicted octanol–water partition coefficient (Wildman–Crippen LogP) is 0.394. The van der Waals surface area contributed by atoms with Gasteiger partial charge in [0.25, 0.3) is 5.56 Å². The number of aromatic amines is 1. The van der Waals surface area contributed by atoms with E-state index in [-0.39, 0.29) is 29.4 Å². The summed E-state index contributed by atoms with van der Waals surface area (Å²) in [7, 11) is 0. The van der Waals surface area contributed by atoms with E-state index < -0.39 is 0 Å². The molecule has 5 heteroatoms. The first-order valence-electron chi connectivity index (χ1n) is 5.19. The molecule has 0 aliphatic heterocycles. The zero-order valence-electron chi connectivity index (χ0n) is 9.10. The van der Waals surface area contributed by atoms with Crippen LogP contribution in [0.15, 0.2) is 23.1 Å². The lowest BCUT2D eigenvalue weighted by molar-refractivity contribution is 0.180. The Bertz CT molecular complexity index is 480. The second kappa shape index (κ2) is 3.75. The fraction of sp³-hybridized carbons (Fsp3) is 0.455. The summed E-state index contributed by atoms with van der Waals surface area (Å²) >= 11 is 0. The third-order valence-corrected chi connectivity index (χ3v) is 3.02. The topological polar surface area (TPSA) is 92.0 Å². The van der Waals surface area contributed by atoms with E-state index in [1.165, 1.54) is 6.20 Å². The number of aliphatic hydroxyl groups is 1. The SMILES string of the molecule is C[C@@]1(CO)C=C[C@H](c2cnc(N)[nH]c2=O)C1. The van der Waals surface area contributed by atoms with Gasteiger partial charge in [-0.2, -0.15) is 0 Å². The van der Waals surface area contributed by atoms with Crippen molar-refractivity contribution in [3.05, 3.63) is 34.3 Å². The molecule has 5 nitrogen and oxygen atoms in total. The molecular weight excluding hydrogens is 206 g/mol. The minimum absolute atomic E-state index is 0.00833. The van der Waals surface area contributed by atoms with Crippen molar-refractivity contribution in [2.24, 2.45) is 5.41 Å². The predicted molar refractivity (Wildman–Crippen MR) is 61.0 cm³/mol. The molecule has 0 aromatic carbocycles. The number of rotatable bonds is 2. The van der Waals surface area contributed by atoms with Crippen LogP contribution in [-0.2, 0) is 0 Å². The largest absolute Gasteiger partial charge is 0.395 e. The Hall–Kier alpha value is -1.62. The van der Waals surface area contributed by atoms with Gasteiger partial charge in [0.05, 0.1) is 6.61 Å². The summed E-state index contributed by atoms with van der Waals surface area (Å²) in [5.74, 6) is 0.134. The van der Waals surface area contributed by atoms with Gasteiger partial charge in [-0.05, 0) is 6.42 Å². The molecule has 1 aromatic heterocycles. The first kappa shape index (κ1) is 10.9. The third-order valence-electron chi connectivity index (χ3n) is 3.02. The van der Waals surface area contributed by atoms with Crippen molar-refractivity contribution in [3.8, 4) is 0 Å². The molecule has 1 aliphatic rings. The van der Waals surface area contributed by atoms with Crippen LogP contribution in [0.3, 0.4) is 0 Å². The molecule has 0 amide bonds. The summed E-state index contributed by atoms with van der Waals surface area (Å²) in [6, 6.07) is 0. The fourth-order valence-electron chi connectivity index (χ4n) is 2.00. The van der Waals surface area contributed by atoms with Crippen LogP contribution in [0.4, 0.5) is 5.95 Å². The number of nitrogens with two attached hydrogens (primary N) is 1. The number of nitrogen functional groups attached to an aromatic ring is 1. The second-order valence-corrected chi connectivity index (χ2v) is 4.53. The Morgan fingerprint density at radius 1 is 1.75 bits per heavy atom. The van der Waals surface area contributed by atoms with E-state index in [4.69, 9.17) is 5.73 Å². The Morgan fingerprint density at radius 3 is 3.06 bits per heavy atom. The number of hydrogen-bond donors (Lipinski definition) is 3. The monoisotopic (exact) mass is 221 g/mol. The maximum absolute atomic E-state index is 11.7. The lowest BCUT2D eigenvalue weighted by atomic mass is 9.87. The summed E-state index contributed by atoms with van der Waals surface area (Å²) in [4.78, 5) is 18.0. The Balaban J connectivity index is 2.29. The van der Waals surface area contributed by atoms with Crippen LogP contribution < -0.4 is 11.3 Å². The van der Waals surface area contributed by atoms with E-state index in [9.17, 15) is 9.90 Å². The van der Waals surface area contributed by atoms with Crippen molar-refractivity contribution >= 4 is 5.95 Å². The number of anilines is 1. The summed E-state index contributed by atoms with van der Waals surface area (Å²) in [5, 5.41) is 9.23. The van der Waals surface area contributed by atoms with Crippen LogP contribution in [0.25, 0.3) is 0 Å². The molecule has 86 valence electrons. The number of allylic oxidation sites excluding steroid dienone is 1. The fourth-order valence-corrected chi connectivity index (χ4v) is 2.00. The van der Waals surface area contributed by atoms with Gasteiger partial charge in [0.2, 0.25) is 0 Å². The van der Waals surface area contributed by atoms with E-state index in [1.807, 2.05) is 19.1 Å². The molecule has 0 saturated heterocycles. The number of H-pyrrole nitrogens is 1. The quantitative estimate of drug-likeness (QED) is 0.630. The summed E-state index contributed by atoms with van der Waals surface area (Å²) < 4.78 is 0. The summed E-state index contributed by atoms with van der Waals surface area (Å²) in [5.41, 5.74) is 5.54. The van der Waals surface area contributed by atoms with Gasteiger partial charge in [-0.1, -0.05) is 19.1 Å². The highest BCUT2D eigenvalue weighted by atomic mass is 16.3. The normalized spacial score (nSPS) is 28.5. The van der Waals surface area contributed by atoms with Gasteiger partial charge in [0, 0.05) is 23.1 Å². The molecule has 1 aliphatic carbocycles. The molecule has 2 rings (SSSR count). The van der Waals surface area contributed by atoms with Crippen molar-refractivity contribution in [2.75, 3.05) is 12.3 Å². The molecule has 0 saturated carbocycles. The first-order valence-corrected chi connectivity index (χ1v) is 5.19. The van der Waals surface area contributed by atoms with Crippen LogP contribution in [-0.4, -0.2) is 21.7 Å². The molecule has 1 aromatic rings. The Kier molecular flexibility index (Phi) is 2.55. The molecular formula is C11H15N3O2. The Morgan fingerprint density at radius 2 is 2.50 bits per heavy atom. The van der Waals surface area contributed by atoms with Crippen molar-refractivity contribution in [3.63, 3.8) is 0 Å². The minimum atomic E-state index is -0.238. The van der Waals surface area contributed by atoms with Crippen LogP contribution in [0.2, 0.25) is 0 Å². The van der Waals surface area contributed by atoms with Gasteiger partial charge in [0.15, 0.2) is 5.95 Å². The van der Waals surface area contributed by atoms with E-state index in [2.05, 4.69) is 9.97 Å². The molecule has 0 radical (unpaired) electrons.